The van der Waals surface area contributed by atoms with Gasteiger partial charge in [-0.05, 0) is 44.2 Å². The molecule has 0 saturated heterocycles. The maximum Gasteiger partial charge on any atom is 0.253 e. The molecule has 2 rings (SSSR count). The fraction of sp³-hybridized carbons (Fsp3) is 0.333. The van der Waals surface area contributed by atoms with E-state index in [1.54, 1.807) is 7.11 Å². The molecule has 128 valence electrons. The van der Waals surface area contributed by atoms with E-state index in [9.17, 15) is 9.59 Å². The average Bonchev–Trinajstić information content (AvgIpc) is 2.86. The Morgan fingerprint density at radius 1 is 1.08 bits per heavy atom. The predicted octanol–water partition coefficient (Wildman–Crippen LogP) is 1.97. The van der Waals surface area contributed by atoms with E-state index in [1.807, 2.05) is 48.7 Å². The first kappa shape index (κ1) is 17.6. The first-order chi connectivity index (χ1) is 11.4. The summed E-state index contributed by atoms with van der Waals surface area (Å²) < 4.78 is 7.21. The van der Waals surface area contributed by atoms with Gasteiger partial charge in [0.1, 0.15) is 5.75 Å². The second kappa shape index (κ2) is 7.68. The third-order valence-electron chi connectivity index (χ3n) is 3.79. The summed E-state index contributed by atoms with van der Waals surface area (Å²) in [6, 6.07) is 9.56. The van der Waals surface area contributed by atoms with Crippen LogP contribution in [-0.4, -0.2) is 36.6 Å². The highest BCUT2D eigenvalue weighted by molar-refractivity contribution is 5.96. The van der Waals surface area contributed by atoms with Crippen molar-refractivity contribution in [1.29, 1.82) is 0 Å². The molecule has 0 radical (unpaired) electrons. The SMILES string of the molecule is COc1ccc(-n2c(C)cc(C(=O)NCCNC(C)=O)c2C)cc1. The van der Waals surface area contributed by atoms with Gasteiger partial charge in [-0.2, -0.15) is 0 Å². The lowest BCUT2D eigenvalue weighted by molar-refractivity contribution is -0.118. The topological polar surface area (TPSA) is 72.4 Å². The van der Waals surface area contributed by atoms with Gasteiger partial charge < -0.3 is 19.9 Å². The summed E-state index contributed by atoms with van der Waals surface area (Å²) in [5.74, 6) is 0.535. The predicted molar refractivity (Wildman–Crippen MR) is 92.8 cm³/mol. The number of aromatic nitrogens is 1. The molecule has 6 nitrogen and oxygen atoms in total. The van der Waals surface area contributed by atoms with Crippen molar-refractivity contribution < 1.29 is 14.3 Å². The molecule has 0 fully saturated rings. The van der Waals surface area contributed by atoms with Crippen molar-refractivity contribution in [3.05, 3.63) is 47.3 Å². The van der Waals surface area contributed by atoms with Gasteiger partial charge in [0.05, 0.1) is 12.7 Å². The zero-order valence-corrected chi connectivity index (χ0v) is 14.5. The molecule has 0 aliphatic carbocycles. The monoisotopic (exact) mass is 329 g/mol. The number of rotatable bonds is 6. The highest BCUT2D eigenvalue weighted by atomic mass is 16.5. The summed E-state index contributed by atoms with van der Waals surface area (Å²) in [4.78, 5) is 23.2. The second-order valence-electron chi connectivity index (χ2n) is 5.56. The lowest BCUT2D eigenvalue weighted by Crippen LogP contribution is -2.33. The largest absolute Gasteiger partial charge is 0.497 e. The Labute approximate surface area is 141 Å². The van der Waals surface area contributed by atoms with Crippen LogP contribution in [0.2, 0.25) is 0 Å². The Morgan fingerprint density at radius 3 is 2.29 bits per heavy atom. The summed E-state index contributed by atoms with van der Waals surface area (Å²) >= 11 is 0. The fourth-order valence-electron chi connectivity index (χ4n) is 2.63. The van der Waals surface area contributed by atoms with E-state index in [0.717, 1.165) is 22.8 Å². The van der Waals surface area contributed by atoms with E-state index in [0.29, 0.717) is 18.7 Å². The standard InChI is InChI=1S/C18H23N3O3/c1-12-11-17(18(23)20-10-9-19-14(3)22)13(2)21(12)15-5-7-16(24-4)8-6-15/h5-8,11H,9-10H2,1-4H3,(H,19,22)(H,20,23). The molecular weight excluding hydrogens is 306 g/mol. The second-order valence-corrected chi connectivity index (χ2v) is 5.56. The Hall–Kier alpha value is -2.76. The number of amides is 2. The molecule has 0 aliphatic heterocycles. The summed E-state index contributed by atoms with van der Waals surface area (Å²) in [5.41, 5.74) is 3.45. The number of hydrogen-bond acceptors (Lipinski definition) is 3. The molecule has 1 aromatic heterocycles. The Bertz CT molecular complexity index is 733. The van der Waals surface area contributed by atoms with Crippen molar-refractivity contribution in [2.45, 2.75) is 20.8 Å². The molecule has 0 spiro atoms. The molecule has 2 aromatic rings. The summed E-state index contributed by atoms with van der Waals surface area (Å²) in [7, 11) is 1.63. The van der Waals surface area contributed by atoms with Gasteiger partial charge in [-0.25, -0.2) is 0 Å². The van der Waals surface area contributed by atoms with Crippen LogP contribution in [0, 0.1) is 13.8 Å². The van der Waals surface area contributed by atoms with Crippen molar-refractivity contribution in [1.82, 2.24) is 15.2 Å². The molecule has 1 heterocycles. The molecule has 0 aliphatic rings. The lowest BCUT2D eigenvalue weighted by Gasteiger charge is -2.11. The van der Waals surface area contributed by atoms with E-state index < -0.39 is 0 Å². The number of hydrogen-bond donors (Lipinski definition) is 2. The maximum absolute atomic E-state index is 12.4. The lowest BCUT2D eigenvalue weighted by atomic mass is 10.2. The number of ether oxygens (including phenoxy) is 1. The van der Waals surface area contributed by atoms with Crippen LogP contribution in [0.25, 0.3) is 5.69 Å². The number of benzene rings is 1. The van der Waals surface area contributed by atoms with E-state index in [2.05, 4.69) is 10.6 Å². The Kier molecular flexibility index (Phi) is 5.63. The summed E-state index contributed by atoms with van der Waals surface area (Å²) in [6.07, 6.45) is 0. The van der Waals surface area contributed by atoms with Crippen LogP contribution >= 0.6 is 0 Å². The molecule has 0 bridgehead atoms. The van der Waals surface area contributed by atoms with Gasteiger partial charge in [-0.3, -0.25) is 9.59 Å². The summed E-state index contributed by atoms with van der Waals surface area (Å²) in [6.45, 7) is 6.14. The molecule has 1 aromatic carbocycles. The third kappa shape index (κ3) is 3.95. The quantitative estimate of drug-likeness (QED) is 0.796. The minimum absolute atomic E-state index is 0.109. The fourth-order valence-corrected chi connectivity index (χ4v) is 2.63. The highest BCUT2D eigenvalue weighted by Crippen LogP contribution is 2.22. The zero-order chi connectivity index (χ0) is 17.7. The molecule has 2 N–H and O–H groups in total. The molecule has 6 heteroatoms. The molecule has 0 saturated carbocycles. The number of carbonyl (C=O) groups is 2. The van der Waals surface area contributed by atoms with Gasteiger partial charge >= 0.3 is 0 Å². The first-order valence-corrected chi connectivity index (χ1v) is 7.80. The van der Waals surface area contributed by atoms with Crippen LogP contribution in [0.15, 0.2) is 30.3 Å². The molecule has 0 atom stereocenters. The maximum atomic E-state index is 12.4. The number of methoxy groups -OCH3 is 1. The molecular formula is C18H23N3O3. The minimum Gasteiger partial charge on any atom is -0.497 e. The number of nitrogens with one attached hydrogen (secondary N) is 2. The first-order valence-electron chi connectivity index (χ1n) is 7.80. The van der Waals surface area contributed by atoms with Crippen LogP contribution in [0.5, 0.6) is 5.75 Å². The van der Waals surface area contributed by atoms with Gasteiger partial charge in [-0.15, -0.1) is 0 Å². The number of aryl methyl sites for hydroxylation is 1. The normalized spacial score (nSPS) is 10.3. The van der Waals surface area contributed by atoms with Gasteiger partial charge in [0.15, 0.2) is 0 Å². The molecule has 0 unspecified atom stereocenters. The van der Waals surface area contributed by atoms with Crippen molar-refractivity contribution in [3.8, 4) is 11.4 Å². The minimum atomic E-state index is -0.145. The van der Waals surface area contributed by atoms with Crippen molar-refractivity contribution >= 4 is 11.8 Å². The van der Waals surface area contributed by atoms with Gasteiger partial charge in [0.2, 0.25) is 5.91 Å². The molecule has 24 heavy (non-hydrogen) atoms. The Morgan fingerprint density at radius 2 is 1.71 bits per heavy atom. The van der Waals surface area contributed by atoms with Crippen LogP contribution < -0.4 is 15.4 Å². The van der Waals surface area contributed by atoms with E-state index in [4.69, 9.17) is 4.74 Å². The average molecular weight is 329 g/mol. The summed E-state index contributed by atoms with van der Waals surface area (Å²) in [5, 5.41) is 5.47. The van der Waals surface area contributed by atoms with Crippen LogP contribution in [0.4, 0.5) is 0 Å². The van der Waals surface area contributed by atoms with Crippen LogP contribution in [0.3, 0.4) is 0 Å². The molecule has 2 amide bonds. The number of carbonyl (C=O) groups excluding carboxylic acids is 2. The number of nitrogens with zero attached hydrogens (tertiary/aromatic N) is 1. The van der Waals surface area contributed by atoms with E-state index in [1.165, 1.54) is 6.92 Å². The van der Waals surface area contributed by atoms with Gasteiger partial charge in [0, 0.05) is 37.1 Å². The highest BCUT2D eigenvalue weighted by Gasteiger charge is 2.16. The van der Waals surface area contributed by atoms with Crippen molar-refractivity contribution in [2.24, 2.45) is 0 Å². The smallest absolute Gasteiger partial charge is 0.253 e. The van der Waals surface area contributed by atoms with Crippen LogP contribution in [0.1, 0.15) is 28.7 Å². The van der Waals surface area contributed by atoms with Gasteiger partial charge in [0.25, 0.3) is 5.91 Å². The van der Waals surface area contributed by atoms with E-state index in [-0.39, 0.29) is 11.8 Å². The Balaban J connectivity index is 2.15. The van der Waals surface area contributed by atoms with Crippen molar-refractivity contribution in [3.63, 3.8) is 0 Å². The van der Waals surface area contributed by atoms with E-state index >= 15 is 0 Å². The van der Waals surface area contributed by atoms with Crippen molar-refractivity contribution in [2.75, 3.05) is 20.2 Å². The van der Waals surface area contributed by atoms with Gasteiger partial charge in [-0.1, -0.05) is 0 Å². The third-order valence-corrected chi connectivity index (χ3v) is 3.79. The van der Waals surface area contributed by atoms with Crippen LogP contribution in [-0.2, 0) is 4.79 Å². The zero-order valence-electron chi connectivity index (χ0n) is 14.5.